The highest BCUT2D eigenvalue weighted by atomic mass is 19.4. The normalized spacial score (nSPS) is 19.0. The summed E-state index contributed by atoms with van der Waals surface area (Å²) in [5.74, 6) is -0.317. The van der Waals surface area contributed by atoms with Crippen LogP contribution >= 0.6 is 0 Å². The summed E-state index contributed by atoms with van der Waals surface area (Å²) in [6.45, 7) is 3.69. The van der Waals surface area contributed by atoms with Gasteiger partial charge in [-0.25, -0.2) is 0 Å². The SMILES string of the molecule is COCc1cccc([C@@](O)(c2ccc(OC(F)(F)F)cc2)C2(C)CN(C)C2)c1. The van der Waals surface area contributed by atoms with Crippen molar-refractivity contribution in [2.45, 2.75) is 25.5 Å². The first kappa shape index (κ1) is 20.6. The van der Waals surface area contributed by atoms with Gasteiger partial charge in [-0.3, -0.25) is 0 Å². The van der Waals surface area contributed by atoms with Gasteiger partial charge in [-0.1, -0.05) is 43.3 Å². The molecule has 0 radical (unpaired) electrons. The molecule has 0 aromatic heterocycles. The number of rotatable bonds is 6. The Labute approximate surface area is 162 Å². The molecule has 1 aliphatic rings. The van der Waals surface area contributed by atoms with E-state index in [1.165, 1.54) is 24.3 Å². The number of likely N-dealkylation sites (tertiary alicyclic amines) is 1. The van der Waals surface area contributed by atoms with Gasteiger partial charge < -0.3 is 19.5 Å². The fourth-order valence-electron chi connectivity index (χ4n) is 4.19. The van der Waals surface area contributed by atoms with Gasteiger partial charge in [0, 0.05) is 25.6 Å². The van der Waals surface area contributed by atoms with Crippen molar-refractivity contribution in [1.29, 1.82) is 0 Å². The lowest BCUT2D eigenvalue weighted by atomic mass is 9.62. The molecule has 0 bridgehead atoms. The van der Waals surface area contributed by atoms with Gasteiger partial charge in [0.15, 0.2) is 0 Å². The Hall–Kier alpha value is -2.09. The van der Waals surface area contributed by atoms with Crippen LogP contribution in [0.1, 0.15) is 23.6 Å². The van der Waals surface area contributed by atoms with Crippen LogP contribution in [0.4, 0.5) is 13.2 Å². The minimum Gasteiger partial charge on any atom is -0.406 e. The predicted octanol–water partition coefficient (Wildman–Crippen LogP) is 3.92. The molecule has 28 heavy (non-hydrogen) atoms. The average Bonchev–Trinajstić information content (AvgIpc) is 2.59. The van der Waals surface area contributed by atoms with Crippen molar-refractivity contribution >= 4 is 0 Å². The summed E-state index contributed by atoms with van der Waals surface area (Å²) >= 11 is 0. The van der Waals surface area contributed by atoms with Crippen molar-refractivity contribution in [3.63, 3.8) is 0 Å². The fraction of sp³-hybridized carbons (Fsp3) is 0.429. The van der Waals surface area contributed by atoms with Gasteiger partial charge in [0.1, 0.15) is 11.4 Å². The molecule has 1 aliphatic heterocycles. The first-order valence-electron chi connectivity index (χ1n) is 8.93. The number of ether oxygens (including phenoxy) is 2. The van der Waals surface area contributed by atoms with E-state index in [-0.39, 0.29) is 5.75 Å². The second kappa shape index (κ2) is 7.39. The average molecular weight is 395 g/mol. The molecule has 1 heterocycles. The maximum Gasteiger partial charge on any atom is 0.573 e. The molecule has 7 heteroatoms. The largest absolute Gasteiger partial charge is 0.573 e. The minimum absolute atomic E-state index is 0.317. The monoisotopic (exact) mass is 395 g/mol. The van der Waals surface area contributed by atoms with E-state index in [9.17, 15) is 18.3 Å². The molecule has 0 spiro atoms. The zero-order valence-electron chi connectivity index (χ0n) is 16.1. The highest BCUT2D eigenvalue weighted by Crippen LogP contribution is 2.50. The van der Waals surface area contributed by atoms with Crippen molar-refractivity contribution in [3.05, 3.63) is 65.2 Å². The summed E-state index contributed by atoms with van der Waals surface area (Å²) in [6, 6.07) is 12.9. The molecular formula is C21H24F3NO3. The second-order valence-corrected chi connectivity index (χ2v) is 7.65. The molecule has 1 atom stereocenters. The molecule has 2 aromatic rings. The second-order valence-electron chi connectivity index (χ2n) is 7.65. The minimum atomic E-state index is -4.75. The lowest BCUT2D eigenvalue weighted by Gasteiger charge is -2.56. The molecule has 0 aliphatic carbocycles. The van der Waals surface area contributed by atoms with Crippen LogP contribution in [0.25, 0.3) is 0 Å². The molecule has 2 aromatic carbocycles. The van der Waals surface area contributed by atoms with Gasteiger partial charge in [-0.2, -0.15) is 0 Å². The molecule has 152 valence electrons. The van der Waals surface area contributed by atoms with Gasteiger partial charge in [-0.05, 0) is 35.9 Å². The molecule has 0 amide bonds. The van der Waals surface area contributed by atoms with E-state index in [0.29, 0.717) is 30.8 Å². The van der Waals surface area contributed by atoms with Gasteiger partial charge in [0.2, 0.25) is 0 Å². The molecule has 0 unspecified atom stereocenters. The predicted molar refractivity (Wildman–Crippen MR) is 98.9 cm³/mol. The quantitative estimate of drug-likeness (QED) is 0.805. The Balaban J connectivity index is 2.04. The van der Waals surface area contributed by atoms with Gasteiger partial charge >= 0.3 is 6.36 Å². The summed E-state index contributed by atoms with van der Waals surface area (Å²) in [4.78, 5) is 2.09. The van der Waals surface area contributed by atoms with Crippen LogP contribution in [0.2, 0.25) is 0 Å². The summed E-state index contributed by atoms with van der Waals surface area (Å²) in [5.41, 5.74) is 0.237. The van der Waals surface area contributed by atoms with E-state index >= 15 is 0 Å². The zero-order valence-corrected chi connectivity index (χ0v) is 16.1. The van der Waals surface area contributed by atoms with E-state index in [1.807, 2.05) is 38.2 Å². The third-order valence-electron chi connectivity index (χ3n) is 5.27. The van der Waals surface area contributed by atoms with Gasteiger partial charge in [-0.15, -0.1) is 13.2 Å². The van der Waals surface area contributed by atoms with Crippen LogP contribution in [0.15, 0.2) is 48.5 Å². The van der Waals surface area contributed by atoms with Crippen molar-refractivity contribution in [3.8, 4) is 5.75 Å². The van der Waals surface area contributed by atoms with E-state index in [0.717, 1.165) is 5.56 Å². The molecule has 1 N–H and O–H groups in total. The molecule has 1 saturated heterocycles. The first-order chi connectivity index (χ1) is 13.1. The van der Waals surface area contributed by atoms with E-state index < -0.39 is 17.4 Å². The Morgan fingerprint density at radius 2 is 1.71 bits per heavy atom. The Morgan fingerprint density at radius 1 is 1.07 bits per heavy atom. The van der Waals surface area contributed by atoms with E-state index in [4.69, 9.17) is 4.74 Å². The smallest absolute Gasteiger partial charge is 0.406 e. The third kappa shape index (κ3) is 3.87. The summed E-state index contributed by atoms with van der Waals surface area (Å²) in [5, 5.41) is 11.9. The lowest BCUT2D eigenvalue weighted by Crippen LogP contribution is -2.63. The number of nitrogens with zero attached hydrogens (tertiary/aromatic N) is 1. The van der Waals surface area contributed by atoms with E-state index in [2.05, 4.69) is 9.64 Å². The van der Waals surface area contributed by atoms with Crippen LogP contribution < -0.4 is 4.74 Å². The Kier molecular flexibility index (Phi) is 5.44. The van der Waals surface area contributed by atoms with E-state index in [1.54, 1.807) is 7.11 Å². The number of alkyl halides is 3. The number of benzene rings is 2. The van der Waals surface area contributed by atoms with Crippen LogP contribution in [0.3, 0.4) is 0 Å². The van der Waals surface area contributed by atoms with Crippen molar-refractivity contribution in [2.24, 2.45) is 5.41 Å². The number of halogens is 3. The van der Waals surface area contributed by atoms with Crippen LogP contribution in [-0.2, 0) is 16.9 Å². The topological polar surface area (TPSA) is 41.9 Å². The zero-order chi connectivity index (χ0) is 20.6. The van der Waals surface area contributed by atoms with Crippen LogP contribution in [0, 0.1) is 5.41 Å². The van der Waals surface area contributed by atoms with Crippen molar-refractivity contribution < 1.29 is 27.8 Å². The maximum atomic E-state index is 12.5. The fourth-order valence-corrected chi connectivity index (χ4v) is 4.19. The number of aliphatic hydroxyl groups is 1. The standard InChI is InChI=1S/C21H24F3NO3/c1-19(13-25(2)14-19)20(26,17-6-4-5-15(11-17)12-27-3)16-7-9-18(10-8-16)28-21(22,23)24/h4-11,26H,12-14H2,1-3H3/t20-/m0/s1. The Bertz CT molecular complexity index is 816. The molecule has 3 rings (SSSR count). The molecular weight excluding hydrogens is 371 g/mol. The van der Waals surface area contributed by atoms with Gasteiger partial charge in [0.05, 0.1) is 6.61 Å². The number of hydrogen-bond donors (Lipinski definition) is 1. The number of hydrogen-bond acceptors (Lipinski definition) is 4. The molecule has 4 nitrogen and oxygen atoms in total. The van der Waals surface area contributed by atoms with Crippen molar-refractivity contribution in [1.82, 2.24) is 4.90 Å². The van der Waals surface area contributed by atoms with Crippen LogP contribution in [-0.4, -0.2) is 43.6 Å². The van der Waals surface area contributed by atoms with Crippen LogP contribution in [0.5, 0.6) is 5.75 Å². The lowest BCUT2D eigenvalue weighted by molar-refractivity contribution is -0.274. The maximum absolute atomic E-state index is 12.5. The third-order valence-corrected chi connectivity index (χ3v) is 5.27. The first-order valence-corrected chi connectivity index (χ1v) is 8.93. The van der Waals surface area contributed by atoms with Crippen molar-refractivity contribution in [2.75, 3.05) is 27.2 Å². The summed E-state index contributed by atoms with van der Waals surface area (Å²) in [6.07, 6.45) is -4.75. The molecule has 1 fully saturated rings. The summed E-state index contributed by atoms with van der Waals surface area (Å²) in [7, 11) is 3.56. The Morgan fingerprint density at radius 3 is 2.25 bits per heavy atom. The summed E-state index contributed by atoms with van der Waals surface area (Å²) < 4.78 is 46.6. The highest BCUT2D eigenvalue weighted by Gasteiger charge is 2.55. The molecule has 0 saturated carbocycles. The highest BCUT2D eigenvalue weighted by molar-refractivity contribution is 5.43. The van der Waals surface area contributed by atoms with Gasteiger partial charge in [0.25, 0.3) is 0 Å². The number of methoxy groups -OCH3 is 1.